The number of aryl methyl sites for hydroxylation is 2. The molecule has 0 heterocycles. The van der Waals surface area contributed by atoms with E-state index in [2.05, 4.69) is 196 Å². The lowest BCUT2D eigenvalue weighted by Crippen LogP contribution is -2.16. The molecule has 1 N–H and O–H groups in total. The van der Waals surface area contributed by atoms with Crippen molar-refractivity contribution in [2.24, 2.45) is 0 Å². The third-order valence-electron chi connectivity index (χ3n) is 10.2. The molecule has 1 aliphatic rings. The van der Waals surface area contributed by atoms with E-state index in [1.54, 1.807) is 0 Å². The molecule has 0 spiro atoms. The molecular formula is C49H42N2. The van der Waals surface area contributed by atoms with Gasteiger partial charge in [0.25, 0.3) is 0 Å². The second-order valence-electron chi connectivity index (χ2n) is 14.2. The van der Waals surface area contributed by atoms with Gasteiger partial charge >= 0.3 is 0 Å². The van der Waals surface area contributed by atoms with Crippen LogP contribution in [0.2, 0.25) is 0 Å². The van der Waals surface area contributed by atoms with Crippen LogP contribution in [0.3, 0.4) is 0 Å². The van der Waals surface area contributed by atoms with Crippen LogP contribution in [-0.4, -0.2) is 0 Å². The summed E-state index contributed by atoms with van der Waals surface area (Å²) in [5.74, 6) is 0. The summed E-state index contributed by atoms with van der Waals surface area (Å²) in [7, 11) is 0. The Kier molecular flexibility index (Phi) is 8.37. The monoisotopic (exact) mass is 658 g/mol. The van der Waals surface area contributed by atoms with Gasteiger partial charge in [-0.05, 0) is 118 Å². The van der Waals surface area contributed by atoms with Crippen LogP contribution in [0.15, 0.2) is 176 Å². The molecule has 2 nitrogen and oxygen atoms in total. The Bertz CT molecular complexity index is 2490. The van der Waals surface area contributed by atoms with Gasteiger partial charge in [0, 0.05) is 33.9 Å². The van der Waals surface area contributed by atoms with Crippen LogP contribution in [0, 0.1) is 13.8 Å². The minimum absolute atomic E-state index is 0.149. The molecule has 1 aliphatic carbocycles. The van der Waals surface area contributed by atoms with Gasteiger partial charge in [0.05, 0.1) is 0 Å². The zero-order chi connectivity index (χ0) is 35.0. The van der Waals surface area contributed by atoms with Gasteiger partial charge in [0.15, 0.2) is 0 Å². The smallest absolute Gasteiger partial charge is 0.0468 e. The van der Waals surface area contributed by atoms with E-state index in [4.69, 9.17) is 0 Å². The van der Waals surface area contributed by atoms with Crippen LogP contribution in [0.4, 0.5) is 28.4 Å². The van der Waals surface area contributed by atoms with E-state index in [1.807, 2.05) is 18.2 Å². The molecule has 0 saturated carbocycles. The number of fused-ring (bicyclic) bond motifs is 5. The summed E-state index contributed by atoms with van der Waals surface area (Å²) >= 11 is 0. The summed E-state index contributed by atoms with van der Waals surface area (Å²) in [6.45, 7) is 8.93. The third kappa shape index (κ3) is 6.37. The molecule has 0 radical (unpaired) electrons. The standard InChI is InChI=1S/C42H34N2.C7H8/c1-28-12-18-35(19-13-28)44(36-20-15-30-9-5-7-11-32(30)25-36)37-21-23-39-38-22-17-34(26-40(38)42(2,3)41(39)27-37)43-33-16-14-29-8-4-6-10-31(29)24-33;1-7-5-3-2-4-6-7/h4-27,43H,1-3H3;2-6H,1H3. The number of hydrogen-bond donors (Lipinski definition) is 1. The summed E-state index contributed by atoms with van der Waals surface area (Å²) in [6, 6.07) is 63.3. The van der Waals surface area contributed by atoms with Gasteiger partial charge in [-0.2, -0.15) is 0 Å². The molecule has 0 saturated heterocycles. The number of nitrogens with one attached hydrogen (secondary N) is 1. The molecule has 51 heavy (non-hydrogen) atoms. The van der Waals surface area contributed by atoms with Crippen molar-refractivity contribution in [1.82, 2.24) is 0 Å². The van der Waals surface area contributed by atoms with Gasteiger partial charge < -0.3 is 10.2 Å². The van der Waals surface area contributed by atoms with E-state index in [9.17, 15) is 0 Å². The van der Waals surface area contributed by atoms with E-state index in [-0.39, 0.29) is 5.41 Å². The van der Waals surface area contributed by atoms with E-state index in [1.165, 1.54) is 60.6 Å². The van der Waals surface area contributed by atoms with Crippen molar-refractivity contribution in [2.45, 2.75) is 33.1 Å². The van der Waals surface area contributed by atoms with Gasteiger partial charge in [0.1, 0.15) is 0 Å². The fourth-order valence-electron chi connectivity index (χ4n) is 7.37. The summed E-state index contributed by atoms with van der Waals surface area (Å²) in [5, 5.41) is 8.65. The highest BCUT2D eigenvalue weighted by atomic mass is 15.1. The van der Waals surface area contributed by atoms with Crippen molar-refractivity contribution in [1.29, 1.82) is 0 Å². The fourth-order valence-corrected chi connectivity index (χ4v) is 7.37. The Morgan fingerprint density at radius 1 is 0.392 bits per heavy atom. The maximum Gasteiger partial charge on any atom is 0.0468 e. The maximum absolute atomic E-state index is 3.67. The molecule has 0 aromatic heterocycles. The first kappa shape index (κ1) is 32.1. The van der Waals surface area contributed by atoms with Crippen molar-refractivity contribution in [3.63, 3.8) is 0 Å². The second-order valence-corrected chi connectivity index (χ2v) is 14.2. The first-order valence-electron chi connectivity index (χ1n) is 17.8. The molecule has 0 fully saturated rings. The zero-order valence-electron chi connectivity index (χ0n) is 29.7. The Labute approximate surface area is 301 Å². The van der Waals surface area contributed by atoms with Crippen LogP contribution in [0.1, 0.15) is 36.1 Å². The highest BCUT2D eigenvalue weighted by Crippen LogP contribution is 2.51. The molecule has 2 heteroatoms. The highest BCUT2D eigenvalue weighted by molar-refractivity contribution is 5.91. The van der Waals surface area contributed by atoms with Crippen molar-refractivity contribution in [3.8, 4) is 11.1 Å². The largest absolute Gasteiger partial charge is 0.355 e. The molecule has 0 unspecified atom stereocenters. The van der Waals surface area contributed by atoms with Crippen LogP contribution in [-0.2, 0) is 5.41 Å². The summed E-state index contributed by atoms with van der Waals surface area (Å²) in [4.78, 5) is 2.39. The van der Waals surface area contributed by atoms with Crippen molar-refractivity contribution in [2.75, 3.05) is 10.2 Å². The summed E-state index contributed by atoms with van der Waals surface area (Å²) in [6.07, 6.45) is 0. The van der Waals surface area contributed by atoms with E-state index in [0.29, 0.717) is 0 Å². The quantitative estimate of drug-likeness (QED) is 0.198. The lowest BCUT2D eigenvalue weighted by molar-refractivity contribution is 0.660. The molecule has 9 rings (SSSR count). The lowest BCUT2D eigenvalue weighted by Gasteiger charge is -2.28. The van der Waals surface area contributed by atoms with Gasteiger partial charge in [-0.15, -0.1) is 0 Å². The Morgan fingerprint density at radius 2 is 0.863 bits per heavy atom. The summed E-state index contributed by atoms with van der Waals surface area (Å²) < 4.78 is 0. The minimum Gasteiger partial charge on any atom is -0.355 e. The molecular weight excluding hydrogens is 617 g/mol. The number of hydrogen-bond acceptors (Lipinski definition) is 2. The van der Waals surface area contributed by atoms with E-state index >= 15 is 0 Å². The first-order chi connectivity index (χ1) is 24.8. The van der Waals surface area contributed by atoms with Gasteiger partial charge in [0.2, 0.25) is 0 Å². The maximum atomic E-state index is 3.67. The normalized spacial score (nSPS) is 12.5. The minimum atomic E-state index is -0.149. The second kappa shape index (κ2) is 13.3. The SMILES string of the molecule is Cc1ccc(N(c2ccc3c(c2)C(C)(C)c2cc(Nc4ccc5ccccc5c4)ccc2-3)c2ccc3ccccc3c2)cc1.Cc1ccccc1. The molecule has 0 atom stereocenters. The topological polar surface area (TPSA) is 15.3 Å². The Balaban J connectivity index is 0.000000480. The van der Waals surface area contributed by atoms with Crippen molar-refractivity contribution in [3.05, 3.63) is 198 Å². The average Bonchev–Trinajstić information content (AvgIpc) is 3.38. The lowest BCUT2D eigenvalue weighted by atomic mass is 9.82. The van der Waals surface area contributed by atoms with Crippen molar-refractivity contribution < 1.29 is 0 Å². The predicted molar refractivity (Wildman–Crippen MR) is 219 cm³/mol. The Hall–Kier alpha value is -6.12. The molecule has 248 valence electrons. The molecule has 0 amide bonds. The number of rotatable bonds is 5. The van der Waals surface area contributed by atoms with Crippen molar-refractivity contribution >= 4 is 50.0 Å². The molecule has 0 aliphatic heterocycles. The average molecular weight is 659 g/mol. The zero-order valence-corrected chi connectivity index (χ0v) is 29.7. The van der Waals surface area contributed by atoms with Crippen LogP contribution in [0.5, 0.6) is 0 Å². The van der Waals surface area contributed by atoms with E-state index in [0.717, 1.165) is 22.7 Å². The van der Waals surface area contributed by atoms with Gasteiger partial charge in [-0.25, -0.2) is 0 Å². The number of nitrogens with zero attached hydrogens (tertiary/aromatic N) is 1. The first-order valence-corrected chi connectivity index (χ1v) is 17.8. The molecule has 8 aromatic rings. The highest BCUT2D eigenvalue weighted by Gasteiger charge is 2.36. The molecule has 0 bridgehead atoms. The summed E-state index contributed by atoms with van der Waals surface area (Å²) in [5.41, 5.74) is 13.4. The van der Waals surface area contributed by atoms with Crippen LogP contribution < -0.4 is 10.2 Å². The predicted octanol–water partition coefficient (Wildman–Crippen LogP) is 13.8. The molecule has 8 aromatic carbocycles. The number of benzene rings is 8. The van der Waals surface area contributed by atoms with Gasteiger partial charge in [-0.1, -0.05) is 140 Å². The fraction of sp³-hybridized carbons (Fsp3) is 0.102. The third-order valence-corrected chi connectivity index (χ3v) is 10.2. The number of anilines is 5. The Morgan fingerprint density at radius 3 is 1.53 bits per heavy atom. The van der Waals surface area contributed by atoms with Crippen LogP contribution in [0.25, 0.3) is 32.7 Å². The van der Waals surface area contributed by atoms with E-state index < -0.39 is 0 Å². The van der Waals surface area contributed by atoms with Gasteiger partial charge in [-0.3, -0.25) is 0 Å². The van der Waals surface area contributed by atoms with Crippen LogP contribution >= 0.6 is 0 Å².